The van der Waals surface area contributed by atoms with Gasteiger partial charge >= 0.3 is 12.3 Å². The highest BCUT2D eigenvalue weighted by Gasteiger charge is 2.37. The second-order valence-electron chi connectivity index (χ2n) is 10.5. The van der Waals surface area contributed by atoms with Crippen molar-refractivity contribution in [3.63, 3.8) is 0 Å². The molecule has 1 atom stereocenters. The lowest BCUT2D eigenvalue weighted by Gasteiger charge is -2.25. The van der Waals surface area contributed by atoms with E-state index in [4.69, 9.17) is 16.3 Å². The first-order chi connectivity index (χ1) is 19.1. The number of carbonyl (C=O) groups is 3. The van der Waals surface area contributed by atoms with Crippen molar-refractivity contribution in [2.45, 2.75) is 58.5 Å². The Balaban J connectivity index is 1.50. The number of halogens is 4. The predicted molar refractivity (Wildman–Crippen MR) is 151 cm³/mol. The molecule has 1 aromatic heterocycles. The lowest BCUT2D eigenvalue weighted by atomic mass is 10.1. The number of rotatable bonds is 7. The molecule has 3 aromatic rings. The summed E-state index contributed by atoms with van der Waals surface area (Å²) in [5, 5.41) is 7.13. The van der Waals surface area contributed by atoms with Gasteiger partial charge in [-0.15, -0.1) is 0 Å². The van der Waals surface area contributed by atoms with Crippen LogP contribution in [0.2, 0.25) is 5.02 Å². The number of hydrogen-bond acceptors (Lipinski definition) is 6. The van der Waals surface area contributed by atoms with E-state index in [1.54, 1.807) is 45.0 Å². The summed E-state index contributed by atoms with van der Waals surface area (Å²) in [5.41, 5.74) is -0.280. The number of benzene rings is 2. The molecule has 13 heteroatoms. The number of nitrogens with one attached hydrogen (secondary N) is 1. The van der Waals surface area contributed by atoms with Crippen molar-refractivity contribution in [1.29, 1.82) is 0 Å². The van der Waals surface area contributed by atoms with Gasteiger partial charge in [0, 0.05) is 10.4 Å². The van der Waals surface area contributed by atoms with Crippen LogP contribution in [0.5, 0.6) is 0 Å². The van der Waals surface area contributed by atoms with E-state index in [9.17, 15) is 27.6 Å². The van der Waals surface area contributed by atoms with Crippen LogP contribution in [0, 0.1) is 0 Å². The van der Waals surface area contributed by atoms with Gasteiger partial charge in [-0.05, 0) is 80.4 Å². The molecule has 0 bridgehead atoms. The van der Waals surface area contributed by atoms with Crippen molar-refractivity contribution < 1.29 is 32.3 Å². The number of ether oxygens (including phenoxy) is 1. The molecule has 0 radical (unpaired) electrons. The molecule has 1 fully saturated rings. The van der Waals surface area contributed by atoms with Crippen LogP contribution < -0.4 is 5.32 Å². The Morgan fingerprint density at radius 1 is 1.17 bits per heavy atom. The number of imide groups is 1. The zero-order valence-corrected chi connectivity index (χ0v) is 24.3. The van der Waals surface area contributed by atoms with Gasteiger partial charge < -0.3 is 10.1 Å². The summed E-state index contributed by atoms with van der Waals surface area (Å²) in [5.74, 6) is -0.484. The van der Waals surface area contributed by atoms with Crippen molar-refractivity contribution in [3.8, 4) is 0 Å². The Bertz CT molecular complexity index is 1530. The molecule has 0 aliphatic carbocycles. The molecule has 1 aliphatic heterocycles. The average molecular weight is 609 g/mol. The summed E-state index contributed by atoms with van der Waals surface area (Å²) in [6, 6.07) is 8.26. The van der Waals surface area contributed by atoms with Gasteiger partial charge in [0.1, 0.15) is 5.60 Å². The monoisotopic (exact) mass is 608 g/mol. The zero-order chi connectivity index (χ0) is 30.1. The Morgan fingerprint density at radius 2 is 1.90 bits per heavy atom. The molecular weight excluding hydrogens is 581 g/mol. The minimum atomic E-state index is -4.57. The average Bonchev–Trinajstić information content (AvgIpc) is 3.37. The Kier molecular flexibility index (Phi) is 8.74. The maximum Gasteiger partial charge on any atom is 0.416 e. The summed E-state index contributed by atoms with van der Waals surface area (Å²) in [7, 11) is 0. The molecule has 218 valence electrons. The fourth-order valence-electron chi connectivity index (χ4n) is 4.21. The molecule has 8 nitrogen and oxygen atoms in total. The minimum absolute atomic E-state index is 0.00579. The van der Waals surface area contributed by atoms with E-state index in [0.717, 1.165) is 22.7 Å². The molecule has 3 amide bonds. The third-order valence-corrected chi connectivity index (χ3v) is 7.29. The van der Waals surface area contributed by atoms with Crippen LogP contribution in [0.4, 0.5) is 22.8 Å². The second kappa shape index (κ2) is 11.8. The van der Waals surface area contributed by atoms with Crippen molar-refractivity contribution in [2.75, 3.05) is 6.54 Å². The predicted octanol–water partition coefficient (Wildman–Crippen LogP) is 7.10. The maximum absolute atomic E-state index is 13.5. The van der Waals surface area contributed by atoms with Gasteiger partial charge in [0.05, 0.1) is 41.3 Å². The van der Waals surface area contributed by atoms with Gasteiger partial charge in [-0.25, -0.2) is 4.79 Å². The van der Waals surface area contributed by atoms with Crippen LogP contribution in [-0.4, -0.2) is 50.1 Å². The fourth-order valence-corrected chi connectivity index (χ4v) is 5.23. The molecule has 1 aliphatic rings. The number of alkyl carbamates (subject to hydrolysis) is 1. The number of thioether (sulfide) groups is 1. The van der Waals surface area contributed by atoms with Crippen LogP contribution in [0.25, 0.3) is 17.0 Å². The smallest absolute Gasteiger partial charge is 0.416 e. The third kappa shape index (κ3) is 7.42. The topological polar surface area (TPSA) is 93.5 Å². The van der Waals surface area contributed by atoms with E-state index in [0.29, 0.717) is 22.9 Å². The summed E-state index contributed by atoms with van der Waals surface area (Å²) < 4.78 is 47.3. The summed E-state index contributed by atoms with van der Waals surface area (Å²) in [6.07, 6.45) is -1.63. The fraction of sp³-hybridized carbons (Fsp3) is 0.357. The molecule has 1 N–H and O–H groups in total. The minimum Gasteiger partial charge on any atom is -0.444 e. The van der Waals surface area contributed by atoms with E-state index < -0.39 is 40.6 Å². The molecule has 0 spiro atoms. The third-order valence-electron chi connectivity index (χ3n) is 6.15. The molecule has 1 saturated heterocycles. The first-order valence-electron chi connectivity index (χ1n) is 12.7. The highest BCUT2D eigenvalue weighted by atomic mass is 35.5. The van der Waals surface area contributed by atoms with Gasteiger partial charge in [0.2, 0.25) is 0 Å². The first-order valence-corrected chi connectivity index (χ1v) is 13.9. The van der Waals surface area contributed by atoms with E-state index in [-0.39, 0.29) is 28.6 Å². The number of carbonyl (C=O) groups excluding carboxylic acids is 3. The molecule has 0 unspecified atom stereocenters. The second-order valence-corrected chi connectivity index (χ2v) is 11.9. The number of amides is 3. The van der Waals surface area contributed by atoms with Crippen LogP contribution >= 0.6 is 23.4 Å². The van der Waals surface area contributed by atoms with Crippen molar-refractivity contribution in [2.24, 2.45) is 0 Å². The number of fused-ring (bicyclic) bond motifs is 1. The highest BCUT2D eigenvalue weighted by molar-refractivity contribution is 8.18. The van der Waals surface area contributed by atoms with Gasteiger partial charge in [-0.3, -0.25) is 19.2 Å². The van der Waals surface area contributed by atoms with Crippen LogP contribution in [-0.2, 0) is 22.3 Å². The van der Waals surface area contributed by atoms with Crippen LogP contribution in [0.1, 0.15) is 50.8 Å². The molecule has 0 saturated carbocycles. The van der Waals surface area contributed by atoms with E-state index >= 15 is 0 Å². The van der Waals surface area contributed by atoms with E-state index in [2.05, 4.69) is 10.4 Å². The molecule has 2 heterocycles. The van der Waals surface area contributed by atoms with Crippen LogP contribution in [0.15, 0.2) is 47.5 Å². The van der Waals surface area contributed by atoms with Gasteiger partial charge in [0.15, 0.2) is 0 Å². The Labute approximate surface area is 243 Å². The largest absolute Gasteiger partial charge is 0.444 e. The normalized spacial score (nSPS) is 16.1. The Hall–Kier alpha value is -3.51. The molecule has 41 heavy (non-hydrogen) atoms. The maximum atomic E-state index is 13.5. The quantitative estimate of drug-likeness (QED) is 0.288. The Morgan fingerprint density at radius 3 is 2.56 bits per heavy atom. The lowest BCUT2D eigenvalue weighted by Crippen LogP contribution is -2.46. The number of nitrogens with zero attached hydrogens (tertiary/aromatic N) is 3. The molecule has 4 rings (SSSR count). The van der Waals surface area contributed by atoms with Gasteiger partial charge in [-0.1, -0.05) is 30.7 Å². The van der Waals surface area contributed by atoms with E-state index in [1.807, 2.05) is 6.92 Å². The number of hydrogen-bond donors (Lipinski definition) is 1. The van der Waals surface area contributed by atoms with Gasteiger partial charge in [-0.2, -0.15) is 18.3 Å². The first kappa shape index (κ1) is 30.4. The number of alkyl halides is 3. The summed E-state index contributed by atoms with van der Waals surface area (Å²) >= 11 is 6.58. The van der Waals surface area contributed by atoms with Gasteiger partial charge in [0.25, 0.3) is 11.1 Å². The van der Waals surface area contributed by atoms with Crippen molar-refractivity contribution in [3.05, 3.63) is 69.2 Å². The lowest BCUT2D eigenvalue weighted by molar-refractivity contribution is -0.138. The zero-order valence-electron chi connectivity index (χ0n) is 22.7. The van der Waals surface area contributed by atoms with Crippen molar-refractivity contribution >= 4 is 57.6 Å². The summed E-state index contributed by atoms with van der Waals surface area (Å²) in [6.45, 7) is 6.91. The molecule has 2 aromatic carbocycles. The number of aromatic nitrogens is 2. The van der Waals surface area contributed by atoms with E-state index in [1.165, 1.54) is 23.0 Å². The van der Waals surface area contributed by atoms with Crippen LogP contribution in [0.3, 0.4) is 0 Å². The highest BCUT2D eigenvalue weighted by Crippen LogP contribution is 2.35. The SMILES string of the molecule is CC[C@@H](CN1C(=O)S/C(=C/c2ccc3c(cnn3Cc3ccc(Cl)cc3C(F)(F)F)c2)C1=O)NC(=O)OC(C)(C)C. The summed E-state index contributed by atoms with van der Waals surface area (Å²) in [4.78, 5) is 39.1. The van der Waals surface area contributed by atoms with Crippen molar-refractivity contribution in [1.82, 2.24) is 20.0 Å². The molecular formula is C28H28ClF3N4O4S. The standard InChI is InChI=1S/C28H28ClF3N4O4S/c1-5-20(34-25(38)40-27(2,3)4)15-35-24(37)23(41-26(35)39)11-16-6-9-22-18(10-16)13-33-36(22)14-17-7-8-19(29)12-21(17)28(30,31)32/h6-13,20H,5,14-15H2,1-4H3,(H,34,38)/b23-11+/t20-/m0/s1.